The van der Waals surface area contributed by atoms with Crippen LogP contribution in [0.5, 0.6) is 0 Å². The lowest BCUT2D eigenvalue weighted by Crippen LogP contribution is -2.63. The summed E-state index contributed by atoms with van der Waals surface area (Å²) >= 11 is 1.39. The summed E-state index contributed by atoms with van der Waals surface area (Å²) in [6, 6.07) is -0.790. The molecular weight excluding hydrogens is 478 g/mol. The highest BCUT2D eigenvalue weighted by atomic mass is 32.2. The van der Waals surface area contributed by atoms with Gasteiger partial charge in [0.2, 0.25) is 11.8 Å². The first kappa shape index (κ1) is 26.7. The van der Waals surface area contributed by atoms with Gasteiger partial charge in [-0.3, -0.25) is 19.9 Å². The van der Waals surface area contributed by atoms with Crippen molar-refractivity contribution in [3.8, 4) is 0 Å². The van der Waals surface area contributed by atoms with Crippen LogP contribution in [-0.4, -0.2) is 95.0 Å². The topological polar surface area (TPSA) is 170 Å². The SMILES string of the molecule is C=CCOC(=O)NC=NCCNC(=O)[C@@H]1C[C@H](SC2=C(C(=O)O)N3C(=O)C([C@@H](C)O)C3[C@H]2C)CN1. The van der Waals surface area contributed by atoms with Crippen molar-refractivity contribution in [3.63, 3.8) is 0 Å². The Balaban J connectivity index is 1.47. The van der Waals surface area contributed by atoms with E-state index in [-0.39, 0.29) is 54.4 Å². The maximum absolute atomic E-state index is 12.5. The number of aliphatic hydroxyl groups excluding tert-OH is 1. The number of β-lactam (4-membered cyclic amide) rings is 1. The molecule has 192 valence electrons. The molecule has 6 atom stereocenters. The molecule has 0 radical (unpaired) electrons. The van der Waals surface area contributed by atoms with Gasteiger partial charge in [0.05, 0.1) is 37.0 Å². The second kappa shape index (κ2) is 11.7. The van der Waals surface area contributed by atoms with Gasteiger partial charge in [0, 0.05) is 29.2 Å². The zero-order valence-corrected chi connectivity index (χ0v) is 20.4. The third kappa shape index (κ3) is 5.85. The minimum atomic E-state index is -1.16. The molecule has 35 heavy (non-hydrogen) atoms. The highest BCUT2D eigenvalue weighted by Crippen LogP contribution is 2.51. The predicted molar refractivity (Wildman–Crippen MR) is 128 cm³/mol. The van der Waals surface area contributed by atoms with Crippen LogP contribution in [0.4, 0.5) is 4.79 Å². The summed E-state index contributed by atoms with van der Waals surface area (Å²) in [5.41, 5.74) is -0.0119. The van der Waals surface area contributed by atoms with Crippen LogP contribution in [-0.2, 0) is 19.1 Å². The molecule has 13 heteroatoms. The number of nitrogens with one attached hydrogen (secondary N) is 3. The standard InChI is InChI=1S/C22H31N5O7S/c1-4-7-34-22(33)26-10-23-5-6-24-19(29)14-8-13(9-25-14)35-18-11(2)16-15(12(3)28)20(30)27(16)17(18)21(31)32/h4,10-16,25,28H,1,5-9H2,2-3H3,(H,24,29)(H,31,32)(H,23,26,33)/t11-,12-,13+,14+,15?,16?/m1/s1. The number of carboxylic acid groups (broad SMARTS) is 1. The van der Waals surface area contributed by atoms with E-state index in [0.717, 1.165) is 0 Å². The number of amides is 3. The number of carbonyl (C=O) groups excluding carboxylic acids is 3. The Hall–Kier alpha value is -2.90. The molecule has 0 aromatic heterocycles. The van der Waals surface area contributed by atoms with Crippen molar-refractivity contribution in [2.45, 2.75) is 43.7 Å². The lowest BCUT2D eigenvalue weighted by molar-refractivity contribution is -0.163. The van der Waals surface area contributed by atoms with Crippen LogP contribution in [0.1, 0.15) is 20.3 Å². The van der Waals surface area contributed by atoms with Crippen LogP contribution in [0.25, 0.3) is 0 Å². The van der Waals surface area contributed by atoms with Gasteiger partial charge in [0.15, 0.2) is 0 Å². The molecule has 3 aliphatic heterocycles. The fourth-order valence-corrected chi connectivity index (χ4v) is 6.04. The van der Waals surface area contributed by atoms with E-state index in [1.54, 1.807) is 6.92 Å². The highest BCUT2D eigenvalue weighted by molar-refractivity contribution is 8.03. The van der Waals surface area contributed by atoms with Crippen LogP contribution < -0.4 is 16.0 Å². The van der Waals surface area contributed by atoms with Gasteiger partial charge in [-0.25, -0.2) is 9.59 Å². The Morgan fingerprint density at radius 1 is 1.43 bits per heavy atom. The van der Waals surface area contributed by atoms with E-state index in [4.69, 9.17) is 4.74 Å². The van der Waals surface area contributed by atoms with Gasteiger partial charge in [-0.05, 0) is 13.3 Å². The maximum atomic E-state index is 12.5. The van der Waals surface area contributed by atoms with E-state index in [9.17, 15) is 29.4 Å². The minimum Gasteiger partial charge on any atom is -0.477 e. The van der Waals surface area contributed by atoms with Gasteiger partial charge < -0.3 is 30.5 Å². The summed E-state index contributed by atoms with van der Waals surface area (Å²) in [7, 11) is 0. The molecule has 2 saturated heterocycles. The molecule has 0 bridgehead atoms. The van der Waals surface area contributed by atoms with E-state index in [1.165, 1.54) is 29.1 Å². The van der Waals surface area contributed by atoms with Gasteiger partial charge >= 0.3 is 12.1 Å². The van der Waals surface area contributed by atoms with Crippen molar-refractivity contribution >= 4 is 42.0 Å². The third-order valence-electron chi connectivity index (χ3n) is 6.16. The van der Waals surface area contributed by atoms with Gasteiger partial charge in [-0.15, -0.1) is 11.8 Å². The number of aliphatic hydroxyl groups is 1. The number of ether oxygens (including phenoxy) is 1. The summed E-state index contributed by atoms with van der Waals surface area (Å²) in [4.78, 5) is 54.0. The van der Waals surface area contributed by atoms with Crippen molar-refractivity contribution in [3.05, 3.63) is 23.3 Å². The highest BCUT2D eigenvalue weighted by Gasteiger charge is 2.60. The predicted octanol–water partition coefficient (Wildman–Crippen LogP) is -0.339. The average molecular weight is 510 g/mol. The van der Waals surface area contributed by atoms with Crippen molar-refractivity contribution in [2.24, 2.45) is 16.8 Å². The molecule has 3 aliphatic rings. The van der Waals surface area contributed by atoms with Crippen LogP contribution in [0.2, 0.25) is 0 Å². The molecule has 0 aromatic rings. The molecule has 12 nitrogen and oxygen atoms in total. The summed E-state index contributed by atoms with van der Waals surface area (Å²) in [6.07, 6.45) is 1.64. The Kier molecular flexibility index (Phi) is 8.92. The summed E-state index contributed by atoms with van der Waals surface area (Å²) in [6.45, 7) is 8.00. The normalized spacial score (nSPS) is 28.5. The van der Waals surface area contributed by atoms with Gasteiger partial charge in [0.1, 0.15) is 12.3 Å². The number of hydrogen-bond donors (Lipinski definition) is 5. The number of fused-ring (bicyclic) bond motifs is 1. The van der Waals surface area contributed by atoms with E-state index in [0.29, 0.717) is 17.9 Å². The molecule has 0 aromatic carbocycles. The minimum absolute atomic E-state index is 0.0119. The lowest BCUT2D eigenvalue weighted by Gasteiger charge is -2.46. The van der Waals surface area contributed by atoms with E-state index < -0.39 is 30.1 Å². The van der Waals surface area contributed by atoms with Crippen LogP contribution in [0, 0.1) is 11.8 Å². The quantitative estimate of drug-likeness (QED) is 0.0822. The molecule has 5 N–H and O–H groups in total. The molecular formula is C22H31N5O7S. The first-order valence-corrected chi connectivity index (χ1v) is 12.2. The fourth-order valence-electron chi connectivity index (χ4n) is 4.56. The van der Waals surface area contributed by atoms with Crippen molar-refractivity contribution in [2.75, 3.05) is 26.2 Å². The maximum Gasteiger partial charge on any atom is 0.412 e. The molecule has 2 fully saturated rings. The Labute approximate surface area is 207 Å². The monoisotopic (exact) mass is 509 g/mol. The summed E-state index contributed by atoms with van der Waals surface area (Å²) < 4.78 is 4.72. The Morgan fingerprint density at radius 2 is 2.17 bits per heavy atom. The first-order valence-electron chi connectivity index (χ1n) is 11.4. The lowest BCUT2D eigenvalue weighted by atomic mass is 9.79. The van der Waals surface area contributed by atoms with Crippen molar-refractivity contribution < 1.29 is 34.1 Å². The number of nitrogens with zero attached hydrogens (tertiary/aromatic N) is 2. The van der Waals surface area contributed by atoms with Crippen LogP contribution in [0.15, 0.2) is 28.2 Å². The number of aliphatic carboxylic acids is 1. The van der Waals surface area contributed by atoms with Crippen molar-refractivity contribution in [1.82, 2.24) is 20.9 Å². The first-order chi connectivity index (χ1) is 16.7. The zero-order valence-electron chi connectivity index (χ0n) is 19.6. The molecule has 0 spiro atoms. The molecule has 3 heterocycles. The second-order valence-electron chi connectivity index (χ2n) is 8.57. The van der Waals surface area contributed by atoms with Gasteiger partial charge in [-0.1, -0.05) is 19.6 Å². The van der Waals surface area contributed by atoms with Gasteiger partial charge in [0.25, 0.3) is 0 Å². The number of carboxylic acids is 1. The molecule has 3 rings (SSSR count). The fraction of sp³-hybridized carbons (Fsp3) is 0.591. The third-order valence-corrected chi connectivity index (χ3v) is 7.67. The Morgan fingerprint density at radius 3 is 2.83 bits per heavy atom. The summed E-state index contributed by atoms with van der Waals surface area (Å²) in [5, 5.41) is 27.9. The molecule has 0 saturated carbocycles. The number of thioether (sulfide) groups is 1. The molecule has 2 unspecified atom stereocenters. The van der Waals surface area contributed by atoms with Crippen LogP contribution in [0.3, 0.4) is 0 Å². The smallest absolute Gasteiger partial charge is 0.412 e. The number of alkyl carbamates (subject to hydrolysis) is 1. The number of aliphatic imine (C=N–C) groups is 1. The van der Waals surface area contributed by atoms with Crippen molar-refractivity contribution in [1.29, 1.82) is 0 Å². The van der Waals surface area contributed by atoms with Gasteiger partial charge in [-0.2, -0.15) is 0 Å². The summed E-state index contributed by atoms with van der Waals surface area (Å²) in [5.74, 6) is -2.53. The molecule has 0 aliphatic carbocycles. The number of rotatable bonds is 11. The average Bonchev–Trinajstić information content (AvgIpc) is 3.36. The number of hydrogen-bond acceptors (Lipinski definition) is 9. The Bertz CT molecular complexity index is 937. The largest absolute Gasteiger partial charge is 0.477 e. The van der Waals surface area contributed by atoms with E-state index in [2.05, 4.69) is 27.5 Å². The number of carbonyl (C=O) groups is 4. The molecule has 3 amide bonds. The van der Waals surface area contributed by atoms with Crippen LogP contribution >= 0.6 is 11.8 Å². The second-order valence-corrected chi connectivity index (χ2v) is 9.91. The zero-order chi connectivity index (χ0) is 25.7. The van der Waals surface area contributed by atoms with E-state index >= 15 is 0 Å². The van der Waals surface area contributed by atoms with E-state index in [1.807, 2.05) is 6.92 Å².